The molecule has 4 aromatic carbocycles. The van der Waals surface area contributed by atoms with E-state index in [1.807, 2.05) is 84.9 Å². The Labute approximate surface area is 219 Å². The molecular weight excluding hydrogens is 484 g/mol. The summed E-state index contributed by atoms with van der Waals surface area (Å²) in [6, 6.07) is 34.7. The third-order valence-electron chi connectivity index (χ3n) is 4.58. The molecule has 0 atom stereocenters. The fourth-order valence-corrected chi connectivity index (χ4v) is 2.56. The van der Waals surface area contributed by atoms with Gasteiger partial charge in [-0.25, -0.2) is 24.3 Å². The molecule has 0 spiro atoms. The summed E-state index contributed by atoms with van der Waals surface area (Å²) in [6.45, 7) is 12.9. The molecule has 2 N–H and O–H groups in total. The summed E-state index contributed by atoms with van der Waals surface area (Å²) in [7, 11) is 0. The van der Waals surface area contributed by atoms with Gasteiger partial charge in [0.25, 0.3) is 0 Å². The molecular formula is C30H38O2Zr. The molecule has 0 aliphatic heterocycles. The van der Waals surface area contributed by atoms with E-state index in [2.05, 4.69) is 41.5 Å². The molecule has 0 fully saturated rings. The van der Waals surface area contributed by atoms with E-state index in [0.29, 0.717) is 11.5 Å². The molecule has 3 heteroatoms. The van der Waals surface area contributed by atoms with E-state index < -0.39 is 0 Å². The van der Waals surface area contributed by atoms with Gasteiger partial charge in [0.2, 0.25) is 0 Å². The van der Waals surface area contributed by atoms with Gasteiger partial charge in [-0.2, -0.15) is 36.4 Å². The molecule has 4 aromatic rings. The minimum Gasteiger partial charge on any atom is -0.508 e. The molecule has 0 amide bonds. The minimum atomic E-state index is 0. The van der Waals surface area contributed by atoms with Crippen molar-refractivity contribution in [1.82, 2.24) is 0 Å². The second-order valence-electron chi connectivity index (χ2n) is 9.52. The van der Waals surface area contributed by atoms with E-state index in [9.17, 15) is 0 Å². The van der Waals surface area contributed by atoms with E-state index in [0.717, 1.165) is 0 Å². The summed E-state index contributed by atoms with van der Waals surface area (Å²) < 4.78 is 0. The number of phenols is 2. The summed E-state index contributed by atoms with van der Waals surface area (Å²) in [4.78, 5) is 0. The second-order valence-corrected chi connectivity index (χ2v) is 9.52. The first-order chi connectivity index (χ1) is 15.0. The minimum absolute atomic E-state index is 0. The standard InChI is InChI=1S/2C10H14O.2C5H5.Zr/c2*1-10(2,3)8-4-6-9(11)7-5-8;2*1-2-4-5-3-1;/h2*4-7,11H,1-3H3;2*1-5H;/q;;2*-1;+2. The normalized spacial score (nSPS) is 10.1. The van der Waals surface area contributed by atoms with E-state index in [-0.39, 0.29) is 37.0 Å². The van der Waals surface area contributed by atoms with Gasteiger partial charge in [-0.1, -0.05) is 65.8 Å². The molecule has 0 aliphatic rings. The molecule has 0 heterocycles. The van der Waals surface area contributed by atoms with Crippen LogP contribution in [0.4, 0.5) is 0 Å². The van der Waals surface area contributed by atoms with Crippen molar-refractivity contribution in [3.05, 3.63) is 120 Å². The van der Waals surface area contributed by atoms with Crippen molar-refractivity contribution in [2.75, 3.05) is 0 Å². The Kier molecular flexibility index (Phi) is 14.3. The maximum atomic E-state index is 9.02. The number of rotatable bonds is 0. The van der Waals surface area contributed by atoms with Crippen molar-refractivity contribution in [2.24, 2.45) is 0 Å². The molecule has 0 saturated carbocycles. The van der Waals surface area contributed by atoms with Gasteiger partial charge >= 0.3 is 26.2 Å². The van der Waals surface area contributed by atoms with Crippen molar-refractivity contribution in [1.29, 1.82) is 0 Å². The number of hydrogen-bond donors (Lipinski definition) is 2. The largest absolute Gasteiger partial charge is 2.00 e. The van der Waals surface area contributed by atoms with E-state index in [1.54, 1.807) is 24.3 Å². The summed E-state index contributed by atoms with van der Waals surface area (Å²) in [5.41, 5.74) is 2.84. The average molecular weight is 522 g/mol. The van der Waals surface area contributed by atoms with Crippen molar-refractivity contribution < 1.29 is 36.4 Å². The van der Waals surface area contributed by atoms with Crippen LogP contribution >= 0.6 is 0 Å². The van der Waals surface area contributed by atoms with Gasteiger partial charge in [0, 0.05) is 0 Å². The van der Waals surface area contributed by atoms with Crippen molar-refractivity contribution in [3.8, 4) is 11.5 Å². The summed E-state index contributed by atoms with van der Waals surface area (Å²) in [6.07, 6.45) is 0. The predicted octanol–water partition coefficient (Wildman–Crippen LogP) is 8.19. The SMILES string of the molecule is CC(C)(C)c1ccc(O)cc1.CC(C)(C)c1ccc(O)cc1.[Zr+2].c1cc[cH-]c1.c1cc[cH-]c1. The fraction of sp³-hybridized carbons (Fsp3) is 0.267. The molecule has 0 aromatic heterocycles. The second kappa shape index (κ2) is 15.5. The molecule has 33 heavy (non-hydrogen) atoms. The fourth-order valence-electron chi connectivity index (χ4n) is 2.56. The quantitative estimate of drug-likeness (QED) is 0.229. The van der Waals surface area contributed by atoms with Crippen LogP contribution in [-0.2, 0) is 37.0 Å². The van der Waals surface area contributed by atoms with Gasteiger partial charge in [0.15, 0.2) is 0 Å². The maximum absolute atomic E-state index is 9.02. The van der Waals surface area contributed by atoms with E-state index in [4.69, 9.17) is 10.2 Å². The van der Waals surface area contributed by atoms with Crippen molar-refractivity contribution in [3.63, 3.8) is 0 Å². The Morgan fingerprint density at radius 1 is 0.485 bits per heavy atom. The zero-order valence-electron chi connectivity index (χ0n) is 20.8. The third-order valence-corrected chi connectivity index (χ3v) is 4.58. The van der Waals surface area contributed by atoms with E-state index >= 15 is 0 Å². The summed E-state index contributed by atoms with van der Waals surface area (Å²) >= 11 is 0. The van der Waals surface area contributed by atoms with Gasteiger partial charge in [0.05, 0.1) is 0 Å². The predicted molar refractivity (Wildman–Crippen MR) is 138 cm³/mol. The van der Waals surface area contributed by atoms with Crippen LogP contribution in [0.15, 0.2) is 109 Å². The van der Waals surface area contributed by atoms with Crippen molar-refractivity contribution in [2.45, 2.75) is 52.4 Å². The van der Waals surface area contributed by atoms with Crippen LogP contribution in [0.25, 0.3) is 0 Å². The zero-order chi connectivity index (χ0) is 24.0. The van der Waals surface area contributed by atoms with Crippen LogP contribution in [0.2, 0.25) is 0 Å². The van der Waals surface area contributed by atoms with Crippen LogP contribution in [-0.4, -0.2) is 10.2 Å². The van der Waals surface area contributed by atoms with Gasteiger partial charge in [-0.3, -0.25) is 0 Å². The molecule has 0 radical (unpaired) electrons. The van der Waals surface area contributed by atoms with Crippen LogP contribution in [0.5, 0.6) is 11.5 Å². The zero-order valence-corrected chi connectivity index (χ0v) is 23.2. The van der Waals surface area contributed by atoms with Gasteiger partial charge in [0.1, 0.15) is 11.5 Å². The smallest absolute Gasteiger partial charge is 0.508 e. The molecule has 2 nitrogen and oxygen atoms in total. The number of phenolic OH excluding ortho intramolecular Hbond substituents is 2. The topological polar surface area (TPSA) is 40.5 Å². The molecule has 0 aliphatic carbocycles. The first-order valence-corrected chi connectivity index (χ1v) is 10.9. The van der Waals surface area contributed by atoms with Crippen LogP contribution < -0.4 is 0 Å². The molecule has 0 saturated heterocycles. The van der Waals surface area contributed by atoms with Gasteiger partial charge < -0.3 is 10.2 Å². The molecule has 4 rings (SSSR count). The molecule has 174 valence electrons. The summed E-state index contributed by atoms with van der Waals surface area (Å²) in [5.74, 6) is 0.663. The van der Waals surface area contributed by atoms with Gasteiger partial charge in [-0.05, 0) is 46.2 Å². The third kappa shape index (κ3) is 14.4. The van der Waals surface area contributed by atoms with Crippen LogP contribution in [0.3, 0.4) is 0 Å². The monoisotopic (exact) mass is 520 g/mol. The Balaban J connectivity index is 0.000000434. The Morgan fingerprint density at radius 2 is 0.727 bits per heavy atom. The van der Waals surface area contributed by atoms with E-state index in [1.165, 1.54) is 11.1 Å². The number of benzene rings is 2. The number of hydrogen-bond acceptors (Lipinski definition) is 2. The first kappa shape index (κ1) is 30.6. The summed E-state index contributed by atoms with van der Waals surface area (Å²) in [5, 5.41) is 18.0. The maximum Gasteiger partial charge on any atom is 2.00 e. The Bertz CT molecular complexity index is 807. The molecule has 0 bridgehead atoms. The Morgan fingerprint density at radius 3 is 0.879 bits per heavy atom. The first-order valence-electron chi connectivity index (χ1n) is 10.9. The number of aromatic hydroxyl groups is 2. The van der Waals surface area contributed by atoms with Gasteiger partial charge in [-0.15, -0.1) is 0 Å². The van der Waals surface area contributed by atoms with Crippen molar-refractivity contribution >= 4 is 0 Å². The van der Waals surface area contributed by atoms with Crippen LogP contribution in [0, 0.1) is 0 Å². The molecule has 0 unspecified atom stereocenters. The average Bonchev–Trinajstić information content (AvgIpc) is 3.47. The Hall–Kier alpha value is -2.38. The van der Waals surface area contributed by atoms with Crippen LogP contribution in [0.1, 0.15) is 52.7 Å².